The lowest BCUT2D eigenvalue weighted by Crippen LogP contribution is -2.48. The van der Waals surface area contributed by atoms with Crippen LogP contribution in [0.1, 0.15) is 52.5 Å². The van der Waals surface area contributed by atoms with Crippen molar-refractivity contribution in [3.8, 4) is 11.4 Å². The number of carbonyl (C=O) groups excluding carboxylic acids is 1. The minimum atomic E-state index is -0.107. The van der Waals surface area contributed by atoms with Gasteiger partial charge in [0.1, 0.15) is 0 Å². The summed E-state index contributed by atoms with van der Waals surface area (Å²) in [6.07, 6.45) is 4.36. The summed E-state index contributed by atoms with van der Waals surface area (Å²) in [5.74, 6) is 1.55. The van der Waals surface area contributed by atoms with Gasteiger partial charge in [0.25, 0.3) is 0 Å². The number of carbonyl (C=O) groups is 1. The number of rotatable bonds is 3. The lowest BCUT2D eigenvalue weighted by Gasteiger charge is -2.39. The molecule has 0 radical (unpaired) electrons. The minimum Gasteiger partial charge on any atom is -0.337 e. The maximum atomic E-state index is 12.9. The highest BCUT2D eigenvalue weighted by molar-refractivity contribution is 7.99. The summed E-state index contributed by atoms with van der Waals surface area (Å²) in [5.41, 5.74) is 2.36. The van der Waals surface area contributed by atoms with E-state index >= 15 is 0 Å². The topological polar surface area (TPSA) is 51.0 Å². The first-order valence-electron chi connectivity index (χ1n) is 9.86. The van der Waals surface area contributed by atoms with E-state index in [0.717, 1.165) is 35.8 Å². The Labute approximate surface area is 165 Å². The van der Waals surface area contributed by atoms with Gasteiger partial charge in [-0.1, -0.05) is 36.0 Å². The summed E-state index contributed by atoms with van der Waals surface area (Å²) >= 11 is 1.52. The number of hydrogen-bond acceptors (Lipinski definition) is 4. The predicted octanol–water partition coefficient (Wildman–Crippen LogP) is 4.12. The molecule has 0 spiro atoms. The smallest absolute Gasteiger partial charge is 0.233 e. The quantitative estimate of drug-likeness (QED) is 0.747. The molecule has 3 heterocycles. The molecule has 2 atom stereocenters. The van der Waals surface area contributed by atoms with Crippen molar-refractivity contribution in [2.75, 3.05) is 5.75 Å². The molecule has 0 saturated carbocycles. The van der Waals surface area contributed by atoms with Gasteiger partial charge in [-0.15, -0.1) is 10.2 Å². The Morgan fingerprint density at radius 3 is 2.63 bits per heavy atom. The average Bonchev–Trinajstić information content (AvgIpc) is 3.05. The van der Waals surface area contributed by atoms with Crippen molar-refractivity contribution in [1.82, 2.24) is 19.7 Å². The molecule has 2 aliphatic rings. The molecular weight excluding hydrogens is 356 g/mol. The van der Waals surface area contributed by atoms with E-state index in [0.29, 0.717) is 17.8 Å². The van der Waals surface area contributed by atoms with E-state index in [9.17, 15) is 4.79 Å². The van der Waals surface area contributed by atoms with Crippen LogP contribution in [0.2, 0.25) is 0 Å². The summed E-state index contributed by atoms with van der Waals surface area (Å²) in [4.78, 5) is 15.0. The van der Waals surface area contributed by atoms with Crippen molar-refractivity contribution in [2.45, 2.75) is 76.2 Å². The molecule has 0 aliphatic carbocycles. The molecule has 0 bridgehead atoms. The number of amides is 1. The normalized spacial score (nSPS) is 23.6. The van der Waals surface area contributed by atoms with Crippen LogP contribution in [0.25, 0.3) is 11.4 Å². The van der Waals surface area contributed by atoms with Crippen molar-refractivity contribution in [1.29, 1.82) is 0 Å². The summed E-state index contributed by atoms with van der Waals surface area (Å²) in [5, 5.41) is 9.78. The fourth-order valence-corrected chi connectivity index (χ4v) is 5.60. The van der Waals surface area contributed by atoms with Crippen LogP contribution in [0.4, 0.5) is 0 Å². The molecule has 2 aromatic rings. The Kier molecular flexibility index (Phi) is 4.78. The van der Waals surface area contributed by atoms with Crippen LogP contribution >= 0.6 is 11.8 Å². The summed E-state index contributed by atoms with van der Waals surface area (Å²) < 4.78 is 2.22. The summed E-state index contributed by atoms with van der Waals surface area (Å²) in [6, 6.07) is 9.07. The van der Waals surface area contributed by atoms with Gasteiger partial charge in [0.2, 0.25) is 5.91 Å². The molecule has 27 heavy (non-hydrogen) atoms. The molecule has 6 heteroatoms. The predicted molar refractivity (Wildman–Crippen MR) is 109 cm³/mol. The Bertz CT molecular complexity index is 850. The van der Waals surface area contributed by atoms with Gasteiger partial charge in [0.15, 0.2) is 11.0 Å². The third-order valence-corrected chi connectivity index (χ3v) is 6.84. The number of likely N-dealkylation sites (tertiary alicyclic amines) is 1. The highest BCUT2D eigenvalue weighted by atomic mass is 32.2. The van der Waals surface area contributed by atoms with Gasteiger partial charge < -0.3 is 4.90 Å². The zero-order valence-electron chi connectivity index (χ0n) is 16.6. The highest BCUT2D eigenvalue weighted by Crippen LogP contribution is 2.39. The Hall–Kier alpha value is -1.82. The van der Waals surface area contributed by atoms with Crippen molar-refractivity contribution >= 4 is 17.7 Å². The Balaban J connectivity index is 1.57. The number of nitrogens with zero attached hydrogens (tertiary/aromatic N) is 4. The van der Waals surface area contributed by atoms with E-state index < -0.39 is 0 Å². The number of hydrogen-bond donors (Lipinski definition) is 0. The molecule has 2 unspecified atom stereocenters. The minimum absolute atomic E-state index is 0.107. The Morgan fingerprint density at radius 1 is 1.19 bits per heavy atom. The lowest BCUT2D eigenvalue weighted by molar-refractivity contribution is -0.134. The maximum Gasteiger partial charge on any atom is 0.233 e. The molecule has 1 aromatic carbocycles. The first-order chi connectivity index (χ1) is 12.9. The van der Waals surface area contributed by atoms with Crippen molar-refractivity contribution in [3.63, 3.8) is 0 Å². The molecule has 1 aromatic heterocycles. The highest BCUT2D eigenvalue weighted by Gasteiger charge is 2.35. The molecule has 1 amide bonds. The molecule has 144 valence electrons. The zero-order chi connectivity index (χ0) is 19.2. The molecule has 4 rings (SSSR count). The second kappa shape index (κ2) is 6.97. The monoisotopic (exact) mass is 384 g/mol. The van der Waals surface area contributed by atoms with Crippen LogP contribution in [0, 0.1) is 0 Å². The van der Waals surface area contributed by atoms with Gasteiger partial charge in [0, 0.05) is 23.2 Å². The zero-order valence-corrected chi connectivity index (χ0v) is 17.4. The second-order valence-corrected chi connectivity index (χ2v) is 9.45. The van der Waals surface area contributed by atoms with Gasteiger partial charge in [0.05, 0.1) is 5.75 Å². The van der Waals surface area contributed by atoms with Crippen LogP contribution in [0.5, 0.6) is 0 Å². The average molecular weight is 385 g/mol. The van der Waals surface area contributed by atoms with E-state index in [1.54, 1.807) is 0 Å². The first-order valence-corrected chi connectivity index (χ1v) is 10.8. The molecule has 1 saturated heterocycles. The third-order valence-electron chi connectivity index (χ3n) is 5.93. The van der Waals surface area contributed by atoms with E-state index in [2.05, 4.69) is 65.6 Å². The number of fused-ring (bicyclic) bond motifs is 3. The molecule has 2 aliphatic heterocycles. The summed E-state index contributed by atoms with van der Waals surface area (Å²) in [6.45, 7) is 8.77. The van der Waals surface area contributed by atoms with Gasteiger partial charge >= 0.3 is 0 Å². The summed E-state index contributed by atoms with van der Waals surface area (Å²) in [7, 11) is 0. The van der Waals surface area contributed by atoms with Crippen LogP contribution in [0.3, 0.4) is 0 Å². The fraction of sp³-hybridized carbons (Fsp3) is 0.571. The van der Waals surface area contributed by atoms with E-state index in [-0.39, 0.29) is 11.4 Å². The molecule has 0 N–H and O–H groups in total. The lowest BCUT2D eigenvalue weighted by atomic mass is 9.87. The van der Waals surface area contributed by atoms with Crippen molar-refractivity contribution < 1.29 is 4.79 Å². The molecule has 1 fully saturated rings. The van der Waals surface area contributed by atoms with Crippen LogP contribution < -0.4 is 0 Å². The SMILES string of the molecule is CC1CCCC(C)N1C(=O)CSc1nnc2n1C(C)(C)Cc1ccccc1-2. The van der Waals surface area contributed by atoms with Gasteiger partial charge in [-0.05, 0) is 58.9 Å². The standard InChI is InChI=1S/C21H28N4OS/c1-14-8-7-9-15(2)24(14)18(26)13-27-20-23-22-19-17-11-6-5-10-16(17)12-21(3,4)25(19)20/h5-6,10-11,14-15H,7-9,12-13H2,1-4H3. The maximum absolute atomic E-state index is 12.9. The van der Waals surface area contributed by atoms with E-state index in [1.165, 1.54) is 23.7 Å². The Morgan fingerprint density at radius 2 is 1.89 bits per heavy atom. The third kappa shape index (κ3) is 3.28. The van der Waals surface area contributed by atoms with Crippen LogP contribution in [0.15, 0.2) is 29.4 Å². The number of benzene rings is 1. The van der Waals surface area contributed by atoms with Crippen molar-refractivity contribution in [2.24, 2.45) is 0 Å². The van der Waals surface area contributed by atoms with Gasteiger partial charge in [-0.25, -0.2) is 0 Å². The van der Waals surface area contributed by atoms with E-state index in [1.807, 2.05) is 6.07 Å². The van der Waals surface area contributed by atoms with Crippen LogP contribution in [-0.4, -0.2) is 43.4 Å². The number of piperidine rings is 1. The van der Waals surface area contributed by atoms with Gasteiger partial charge in [-0.2, -0.15) is 0 Å². The van der Waals surface area contributed by atoms with E-state index in [4.69, 9.17) is 0 Å². The largest absolute Gasteiger partial charge is 0.337 e. The number of aromatic nitrogens is 3. The first kappa shape index (κ1) is 18.5. The van der Waals surface area contributed by atoms with Gasteiger partial charge in [-0.3, -0.25) is 9.36 Å². The van der Waals surface area contributed by atoms with Crippen molar-refractivity contribution in [3.05, 3.63) is 29.8 Å². The van der Waals surface area contributed by atoms with Crippen LogP contribution in [-0.2, 0) is 16.8 Å². The molecular formula is C21H28N4OS. The number of thioether (sulfide) groups is 1. The fourth-order valence-electron chi connectivity index (χ4n) is 4.63. The second-order valence-electron chi connectivity index (χ2n) is 8.51. The molecule has 5 nitrogen and oxygen atoms in total.